The van der Waals surface area contributed by atoms with Crippen LogP contribution in [-0.4, -0.2) is 40.4 Å². The standard InChI is InChI=1S/C23H38O3S2/c1-4-5-6-7-8-10-18(24)12-13-20-22(2,3)17-25-23(26-20)14-9-11-19(23)21-27-15-16-28-21/h12-13,19-21H,4-11,14-17H2,1-3H3/t19-,20?,23+/m0/s1. The molecule has 3 rings (SSSR count). The number of ether oxygens (including phenoxy) is 2. The topological polar surface area (TPSA) is 35.5 Å². The molecule has 3 nitrogen and oxygen atoms in total. The van der Waals surface area contributed by atoms with Crippen LogP contribution in [0.4, 0.5) is 0 Å². The molecule has 3 fully saturated rings. The largest absolute Gasteiger partial charge is 0.349 e. The van der Waals surface area contributed by atoms with Crippen LogP contribution < -0.4 is 0 Å². The minimum atomic E-state index is -0.442. The number of rotatable bonds is 9. The van der Waals surface area contributed by atoms with Crippen LogP contribution in [-0.2, 0) is 14.3 Å². The molecule has 1 spiro atoms. The molecule has 3 aliphatic rings. The van der Waals surface area contributed by atoms with Gasteiger partial charge in [-0.05, 0) is 25.3 Å². The lowest BCUT2D eigenvalue weighted by Crippen LogP contribution is -2.55. The summed E-state index contributed by atoms with van der Waals surface area (Å²) in [6.07, 6.45) is 13.7. The van der Waals surface area contributed by atoms with Crippen molar-refractivity contribution in [3.63, 3.8) is 0 Å². The lowest BCUT2D eigenvalue weighted by atomic mass is 9.84. The molecule has 1 saturated carbocycles. The van der Waals surface area contributed by atoms with E-state index in [9.17, 15) is 4.79 Å². The molecule has 5 heteroatoms. The fourth-order valence-corrected chi connectivity index (χ4v) is 7.88. The van der Waals surface area contributed by atoms with Crippen LogP contribution >= 0.6 is 23.5 Å². The van der Waals surface area contributed by atoms with E-state index in [2.05, 4.69) is 44.3 Å². The van der Waals surface area contributed by atoms with Gasteiger partial charge >= 0.3 is 0 Å². The first-order chi connectivity index (χ1) is 13.5. The van der Waals surface area contributed by atoms with Crippen molar-refractivity contribution in [1.82, 2.24) is 0 Å². The SMILES string of the molecule is CCCCCCCC(=O)C=CC1O[C@@]2(CCC[C@H]2C2SCCS2)OCC1(C)C. The summed E-state index contributed by atoms with van der Waals surface area (Å²) in [6, 6.07) is 0. The Morgan fingerprint density at radius 1 is 1.14 bits per heavy atom. The van der Waals surface area contributed by atoms with E-state index in [-0.39, 0.29) is 17.3 Å². The summed E-state index contributed by atoms with van der Waals surface area (Å²) in [5.41, 5.74) is -0.105. The van der Waals surface area contributed by atoms with Gasteiger partial charge in [-0.3, -0.25) is 4.79 Å². The molecular formula is C23H38O3S2. The Morgan fingerprint density at radius 2 is 1.89 bits per heavy atom. The highest BCUT2D eigenvalue weighted by Crippen LogP contribution is 2.54. The number of carbonyl (C=O) groups excluding carboxylic acids is 1. The Balaban J connectivity index is 1.58. The number of unbranched alkanes of at least 4 members (excludes halogenated alkanes) is 4. The summed E-state index contributed by atoms with van der Waals surface area (Å²) < 4.78 is 13.7. The zero-order valence-corrected chi connectivity index (χ0v) is 19.5. The van der Waals surface area contributed by atoms with Crippen molar-refractivity contribution >= 4 is 29.3 Å². The summed E-state index contributed by atoms with van der Waals surface area (Å²) in [6.45, 7) is 7.29. The number of carbonyl (C=O) groups is 1. The van der Waals surface area contributed by atoms with E-state index < -0.39 is 5.79 Å². The zero-order chi connectivity index (χ0) is 20.0. The summed E-state index contributed by atoms with van der Waals surface area (Å²) in [5.74, 6) is 2.74. The number of thioether (sulfide) groups is 2. The lowest BCUT2D eigenvalue weighted by Gasteiger charge is -2.49. The van der Waals surface area contributed by atoms with Gasteiger partial charge in [0.2, 0.25) is 0 Å². The van der Waals surface area contributed by atoms with E-state index in [1.807, 2.05) is 6.08 Å². The number of allylic oxidation sites excluding steroid dienone is 1. The first-order valence-electron chi connectivity index (χ1n) is 11.2. The van der Waals surface area contributed by atoms with Gasteiger partial charge in [-0.15, -0.1) is 23.5 Å². The van der Waals surface area contributed by atoms with Crippen molar-refractivity contribution in [3.05, 3.63) is 12.2 Å². The molecule has 160 valence electrons. The summed E-state index contributed by atoms with van der Waals surface area (Å²) in [7, 11) is 0. The maximum absolute atomic E-state index is 12.3. The molecule has 0 aromatic rings. The first kappa shape index (κ1) is 22.7. The highest BCUT2D eigenvalue weighted by Gasteiger charge is 2.55. The molecule has 0 aromatic carbocycles. The average molecular weight is 427 g/mol. The Morgan fingerprint density at radius 3 is 2.64 bits per heavy atom. The van der Waals surface area contributed by atoms with Gasteiger partial charge in [0.15, 0.2) is 11.6 Å². The van der Waals surface area contributed by atoms with E-state index in [1.165, 1.54) is 43.6 Å². The van der Waals surface area contributed by atoms with Gasteiger partial charge in [-0.25, -0.2) is 0 Å². The van der Waals surface area contributed by atoms with Crippen molar-refractivity contribution in [2.24, 2.45) is 11.3 Å². The van der Waals surface area contributed by atoms with E-state index in [0.29, 0.717) is 23.5 Å². The van der Waals surface area contributed by atoms with Crippen molar-refractivity contribution < 1.29 is 14.3 Å². The van der Waals surface area contributed by atoms with Gasteiger partial charge in [0.25, 0.3) is 0 Å². The van der Waals surface area contributed by atoms with E-state index in [4.69, 9.17) is 9.47 Å². The molecule has 3 atom stereocenters. The van der Waals surface area contributed by atoms with Gasteiger partial charge in [-0.2, -0.15) is 0 Å². The number of hydrogen-bond acceptors (Lipinski definition) is 5. The molecule has 2 aliphatic heterocycles. The molecule has 1 unspecified atom stereocenters. The molecule has 0 aromatic heterocycles. The summed E-state index contributed by atoms with van der Waals surface area (Å²) in [4.78, 5) is 12.3. The van der Waals surface area contributed by atoms with Gasteiger partial charge < -0.3 is 9.47 Å². The molecule has 0 radical (unpaired) electrons. The predicted octanol–water partition coefficient (Wildman–Crippen LogP) is 6.22. The Kier molecular flexibility index (Phi) is 8.41. The van der Waals surface area contributed by atoms with Crippen LogP contribution in [0.5, 0.6) is 0 Å². The minimum Gasteiger partial charge on any atom is -0.349 e. The average Bonchev–Trinajstić information content (AvgIpc) is 3.32. The fraction of sp³-hybridized carbons (Fsp3) is 0.870. The number of hydrogen-bond donors (Lipinski definition) is 0. The maximum Gasteiger partial charge on any atom is 0.173 e. The second-order valence-electron chi connectivity index (χ2n) is 9.23. The number of ketones is 1. The molecule has 28 heavy (non-hydrogen) atoms. The normalized spacial score (nSPS) is 33.2. The van der Waals surface area contributed by atoms with Crippen molar-refractivity contribution in [2.45, 2.75) is 95.0 Å². The minimum absolute atomic E-state index is 0.0534. The van der Waals surface area contributed by atoms with Crippen molar-refractivity contribution in [3.8, 4) is 0 Å². The molecule has 0 N–H and O–H groups in total. The van der Waals surface area contributed by atoms with Gasteiger partial charge in [-0.1, -0.05) is 52.5 Å². The Bertz CT molecular complexity index is 542. The monoisotopic (exact) mass is 426 g/mol. The highest BCUT2D eigenvalue weighted by molar-refractivity contribution is 8.20. The van der Waals surface area contributed by atoms with E-state index in [0.717, 1.165) is 19.3 Å². The molecular weight excluding hydrogens is 388 g/mol. The van der Waals surface area contributed by atoms with Crippen LogP contribution in [0.2, 0.25) is 0 Å². The van der Waals surface area contributed by atoms with Crippen molar-refractivity contribution in [2.75, 3.05) is 18.1 Å². The van der Waals surface area contributed by atoms with Gasteiger partial charge in [0.1, 0.15) is 0 Å². The highest BCUT2D eigenvalue weighted by atomic mass is 32.2. The lowest BCUT2D eigenvalue weighted by molar-refractivity contribution is -0.330. The molecule has 1 aliphatic carbocycles. The second kappa shape index (κ2) is 10.4. The predicted molar refractivity (Wildman–Crippen MR) is 121 cm³/mol. The second-order valence-corrected chi connectivity index (χ2v) is 12.0. The van der Waals surface area contributed by atoms with Crippen molar-refractivity contribution in [1.29, 1.82) is 0 Å². The third-order valence-corrected chi connectivity index (χ3v) is 9.62. The Hall–Kier alpha value is 0.0300. The molecule has 2 heterocycles. The van der Waals surface area contributed by atoms with Gasteiger partial charge in [0.05, 0.1) is 17.3 Å². The maximum atomic E-state index is 12.3. The summed E-state index contributed by atoms with van der Waals surface area (Å²) in [5, 5.41) is 0. The molecule has 2 saturated heterocycles. The van der Waals surface area contributed by atoms with Crippen LogP contribution in [0.3, 0.4) is 0 Å². The first-order valence-corrected chi connectivity index (χ1v) is 13.3. The summed E-state index contributed by atoms with van der Waals surface area (Å²) >= 11 is 4.14. The van der Waals surface area contributed by atoms with Crippen LogP contribution in [0.15, 0.2) is 12.2 Å². The van der Waals surface area contributed by atoms with Crippen LogP contribution in [0, 0.1) is 11.3 Å². The third-order valence-electron chi connectivity index (χ3n) is 6.35. The van der Waals surface area contributed by atoms with E-state index in [1.54, 1.807) is 6.08 Å². The fourth-order valence-electron chi connectivity index (χ4n) is 4.53. The zero-order valence-electron chi connectivity index (χ0n) is 17.9. The third kappa shape index (κ3) is 5.59. The molecule has 0 bridgehead atoms. The smallest absolute Gasteiger partial charge is 0.173 e. The van der Waals surface area contributed by atoms with Gasteiger partial charge in [0, 0.05) is 35.7 Å². The van der Waals surface area contributed by atoms with Crippen LogP contribution in [0.25, 0.3) is 0 Å². The quantitative estimate of drug-likeness (QED) is 0.323. The Labute approximate surface area is 180 Å². The van der Waals surface area contributed by atoms with E-state index >= 15 is 0 Å². The van der Waals surface area contributed by atoms with Crippen LogP contribution in [0.1, 0.15) is 78.6 Å². The molecule has 0 amide bonds.